The van der Waals surface area contributed by atoms with Crippen LogP contribution < -0.4 is 5.32 Å². The molecule has 0 bridgehead atoms. The first-order valence-corrected chi connectivity index (χ1v) is 10.5. The highest BCUT2D eigenvalue weighted by atomic mass is 16.3. The van der Waals surface area contributed by atoms with E-state index in [1.165, 1.54) is 0 Å². The average Bonchev–Trinajstić information content (AvgIpc) is 2.77. The zero-order valence-corrected chi connectivity index (χ0v) is 18.8. The molecule has 1 aliphatic rings. The predicted molar refractivity (Wildman–Crippen MR) is 120 cm³/mol. The molecule has 4 nitrogen and oxygen atoms in total. The fourth-order valence-corrected chi connectivity index (χ4v) is 3.73. The summed E-state index contributed by atoms with van der Waals surface area (Å²) in [5, 5.41) is 13.7. The summed E-state index contributed by atoms with van der Waals surface area (Å²) in [5.74, 6) is 1.09. The summed E-state index contributed by atoms with van der Waals surface area (Å²) < 4.78 is 0. The molecule has 3 unspecified atom stereocenters. The van der Waals surface area contributed by atoms with Gasteiger partial charge < -0.3 is 10.4 Å². The molecule has 3 atom stereocenters. The van der Waals surface area contributed by atoms with Crippen LogP contribution in [0.4, 0.5) is 0 Å². The van der Waals surface area contributed by atoms with E-state index in [9.17, 15) is 9.90 Å². The number of allylic oxidation sites excluding steroid dienone is 4. The number of carbonyl (C=O) groups excluding carboxylic acids is 1. The Morgan fingerprint density at radius 3 is 2.64 bits per heavy atom. The van der Waals surface area contributed by atoms with E-state index in [0.29, 0.717) is 18.3 Å². The van der Waals surface area contributed by atoms with Crippen molar-refractivity contribution >= 4 is 12.0 Å². The molecule has 0 radical (unpaired) electrons. The Labute approximate surface area is 171 Å². The van der Waals surface area contributed by atoms with Crippen LogP contribution in [0.3, 0.4) is 0 Å². The first-order valence-electron chi connectivity index (χ1n) is 10.5. The number of nitrogens with one attached hydrogen (secondary N) is 1. The SMILES string of the molecule is CC=N/C=C\C(C/C=C(/C)C1=CC(NC)CC(C(C)(C)O)CC1=O)CC(C)C. The van der Waals surface area contributed by atoms with Gasteiger partial charge in [-0.25, -0.2) is 0 Å². The number of likely N-dealkylation sites (N-methyl/N-ethyl adjacent to an activating group) is 1. The van der Waals surface area contributed by atoms with Crippen LogP contribution in [0.25, 0.3) is 0 Å². The largest absolute Gasteiger partial charge is 0.390 e. The Balaban J connectivity index is 3.01. The standard InChI is InChI=1S/C24H40N2O2/c1-8-26-12-11-19(13-17(2)3)10-9-18(4)22-16-21(25-7)14-20(15-23(22)27)24(5,6)28/h8-9,11-12,16-17,19-21,25,28H,10,13-15H2,1-7H3/b12-11-,18-9-,26-8?. The zero-order chi connectivity index (χ0) is 21.3. The summed E-state index contributed by atoms with van der Waals surface area (Å²) in [6.07, 6.45) is 13.2. The molecule has 0 aliphatic heterocycles. The lowest BCUT2D eigenvalue weighted by Crippen LogP contribution is -2.36. The topological polar surface area (TPSA) is 61.7 Å². The molecule has 0 heterocycles. The number of aliphatic imine (C=N–C) groups is 1. The Bertz CT molecular complexity index is 621. The van der Waals surface area contributed by atoms with E-state index in [-0.39, 0.29) is 17.7 Å². The number of carbonyl (C=O) groups is 1. The number of aliphatic hydroxyl groups is 1. The van der Waals surface area contributed by atoms with E-state index in [1.807, 2.05) is 27.1 Å². The molecule has 0 saturated heterocycles. The van der Waals surface area contributed by atoms with Gasteiger partial charge in [-0.15, -0.1) is 0 Å². The lowest BCUT2D eigenvalue weighted by Gasteiger charge is -2.29. The van der Waals surface area contributed by atoms with Crippen molar-refractivity contribution in [2.75, 3.05) is 7.05 Å². The maximum Gasteiger partial charge on any atom is 0.163 e. The molecule has 0 aromatic carbocycles. The third-order valence-corrected chi connectivity index (χ3v) is 5.53. The summed E-state index contributed by atoms with van der Waals surface area (Å²) in [7, 11) is 1.91. The van der Waals surface area contributed by atoms with Crippen LogP contribution in [0.5, 0.6) is 0 Å². The Morgan fingerprint density at radius 1 is 1.43 bits per heavy atom. The molecule has 0 saturated carbocycles. The van der Waals surface area contributed by atoms with E-state index in [1.54, 1.807) is 20.1 Å². The molecule has 4 heteroatoms. The summed E-state index contributed by atoms with van der Waals surface area (Å²) >= 11 is 0. The maximum atomic E-state index is 12.9. The van der Waals surface area contributed by atoms with E-state index in [4.69, 9.17) is 0 Å². The van der Waals surface area contributed by atoms with Gasteiger partial charge in [-0.05, 0) is 77.3 Å². The predicted octanol–water partition coefficient (Wildman–Crippen LogP) is 4.85. The van der Waals surface area contributed by atoms with Gasteiger partial charge in [0.15, 0.2) is 5.78 Å². The van der Waals surface area contributed by atoms with E-state index in [2.05, 4.69) is 42.4 Å². The molecule has 0 aromatic rings. The normalized spacial score (nSPS) is 23.5. The summed E-state index contributed by atoms with van der Waals surface area (Å²) in [6, 6.07) is 0.0893. The highest BCUT2D eigenvalue weighted by Crippen LogP contribution is 2.32. The Hall–Kier alpha value is -1.52. The van der Waals surface area contributed by atoms with E-state index >= 15 is 0 Å². The van der Waals surface area contributed by atoms with Gasteiger partial charge >= 0.3 is 0 Å². The van der Waals surface area contributed by atoms with Crippen LogP contribution in [-0.4, -0.2) is 35.8 Å². The molecule has 2 N–H and O–H groups in total. The second kappa shape index (κ2) is 11.5. The summed E-state index contributed by atoms with van der Waals surface area (Å²) in [4.78, 5) is 17.1. The molecule has 0 fully saturated rings. The highest BCUT2D eigenvalue weighted by molar-refractivity contribution is 6.00. The molecular formula is C24H40N2O2. The van der Waals surface area contributed by atoms with Crippen molar-refractivity contribution in [1.82, 2.24) is 5.32 Å². The number of ketones is 1. The quantitative estimate of drug-likeness (QED) is 0.555. The second-order valence-corrected chi connectivity index (χ2v) is 8.95. The zero-order valence-electron chi connectivity index (χ0n) is 18.8. The third kappa shape index (κ3) is 8.24. The van der Waals surface area contributed by atoms with Crippen molar-refractivity contribution in [3.05, 3.63) is 35.6 Å². The highest BCUT2D eigenvalue weighted by Gasteiger charge is 2.34. The van der Waals surface area contributed by atoms with Gasteiger partial charge in [0.25, 0.3) is 0 Å². The molecule has 28 heavy (non-hydrogen) atoms. The lowest BCUT2D eigenvalue weighted by atomic mass is 9.83. The van der Waals surface area contributed by atoms with Crippen LogP contribution in [0, 0.1) is 17.8 Å². The van der Waals surface area contributed by atoms with E-state index in [0.717, 1.165) is 30.4 Å². The van der Waals surface area contributed by atoms with E-state index < -0.39 is 5.60 Å². The minimum atomic E-state index is -0.862. The van der Waals surface area contributed by atoms with Gasteiger partial charge in [0.05, 0.1) is 5.60 Å². The number of hydrogen-bond acceptors (Lipinski definition) is 4. The third-order valence-electron chi connectivity index (χ3n) is 5.53. The number of Topliss-reactive ketones (excluding diaryl/α,β-unsaturated/α-hetero) is 1. The monoisotopic (exact) mass is 388 g/mol. The Morgan fingerprint density at radius 2 is 2.11 bits per heavy atom. The van der Waals surface area contributed by atoms with Crippen molar-refractivity contribution < 1.29 is 9.90 Å². The van der Waals surface area contributed by atoms with Crippen LogP contribution in [-0.2, 0) is 4.79 Å². The molecule has 1 rings (SSSR count). The number of rotatable bonds is 9. The molecule has 1 aliphatic carbocycles. The average molecular weight is 389 g/mol. The van der Waals surface area contributed by atoms with Gasteiger partial charge in [-0.2, -0.15) is 0 Å². The van der Waals surface area contributed by atoms with Crippen LogP contribution in [0.2, 0.25) is 0 Å². The minimum absolute atomic E-state index is 0.0532. The fourth-order valence-electron chi connectivity index (χ4n) is 3.73. The van der Waals surface area contributed by atoms with Crippen LogP contribution in [0.1, 0.15) is 67.2 Å². The fraction of sp³-hybridized carbons (Fsp3) is 0.667. The second-order valence-electron chi connectivity index (χ2n) is 8.95. The molecular weight excluding hydrogens is 348 g/mol. The van der Waals surface area contributed by atoms with Crippen molar-refractivity contribution in [3.8, 4) is 0 Å². The molecule has 158 valence electrons. The van der Waals surface area contributed by atoms with Crippen molar-refractivity contribution in [3.63, 3.8) is 0 Å². The first kappa shape index (κ1) is 24.5. The smallest absolute Gasteiger partial charge is 0.163 e. The van der Waals surface area contributed by atoms with Crippen molar-refractivity contribution in [2.24, 2.45) is 22.7 Å². The minimum Gasteiger partial charge on any atom is -0.390 e. The lowest BCUT2D eigenvalue weighted by molar-refractivity contribution is -0.118. The Kier molecular flexibility index (Phi) is 10.0. The van der Waals surface area contributed by atoms with Gasteiger partial charge in [-0.1, -0.05) is 32.1 Å². The van der Waals surface area contributed by atoms with Crippen LogP contribution >= 0.6 is 0 Å². The number of nitrogens with zero attached hydrogens (tertiary/aromatic N) is 1. The van der Waals surface area contributed by atoms with Crippen molar-refractivity contribution in [2.45, 2.75) is 78.9 Å². The summed E-state index contributed by atoms with van der Waals surface area (Å²) in [5.41, 5.74) is 0.964. The molecule has 0 aromatic heterocycles. The van der Waals surface area contributed by atoms with Gasteiger partial charge in [0.2, 0.25) is 0 Å². The molecule has 0 amide bonds. The number of hydrogen-bond donors (Lipinski definition) is 2. The van der Waals surface area contributed by atoms with Gasteiger partial charge in [0, 0.05) is 30.5 Å². The first-order chi connectivity index (χ1) is 13.1. The maximum absolute atomic E-state index is 12.9. The van der Waals surface area contributed by atoms with Crippen molar-refractivity contribution in [1.29, 1.82) is 0 Å². The van der Waals surface area contributed by atoms with Gasteiger partial charge in [-0.3, -0.25) is 9.79 Å². The van der Waals surface area contributed by atoms with Crippen LogP contribution in [0.15, 0.2) is 40.6 Å². The summed E-state index contributed by atoms with van der Waals surface area (Å²) in [6.45, 7) is 12.0. The van der Waals surface area contributed by atoms with Gasteiger partial charge in [0.1, 0.15) is 0 Å². The molecule has 0 spiro atoms.